The molecule has 1 N–H and O–H groups in total. The second-order valence-electron chi connectivity index (χ2n) is 7.43. The molecule has 0 aromatic heterocycles. The van der Waals surface area contributed by atoms with E-state index >= 15 is 0 Å². The van der Waals surface area contributed by atoms with E-state index in [1.807, 2.05) is 25.7 Å². The summed E-state index contributed by atoms with van der Waals surface area (Å²) < 4.78 is 11.1. The molecule has 2 unspecified atom stereocenters. The fraction of sp³-hybridized carbons (Fsp3) is 0.867. The van der Waals surface area contributed by atoms with Gasteiger partial charge in [0.2, 0.25) is 5.91 Å². The number of carbonyl (C=O) groups is 2. The van der Waals surface area contributed by atoms with Crippen LogP contribution in [0.25, 0.3) is 0 Å². The highest BCUT2D eigenvalue weighted by Gasteiger charge is 2.54. The van der Waals surface area contributed by atoms with Crippen LogP contribution in [0.3, 0.4) is 0 Å². The predicted octanol–water partition coefficient (Wildman–Crippen LogP) is 1.29. The summed E-state index contributed by atoms with van der Waals surface area (Å²) in [6.45, 7) is 7.33. The molecule has 0 aliphatic carbocycles. The van der Waals surface area contributed by atoms with Gasteiger partial charge in [-0.05, 0) is 40.0 Å². The Labute approximate surface area is 125 Å². The Bertz CT molecular complexity index is 443. The molecule has 0 aromatic carbocycles. The van der Waals surface area contributed by atoms with Gasteiger partial charge in [0, 0.05) is 6.54 Å². The topological polar surface area (TPSA) is 67.9 Å². The summed E-state index contributed by atoms with van der Waals surface area (Å²) in [5.41, 5.74) is -0.816. The predicted molar refractivity (Wildman–Crippen MR) is 75.8 cm³/mol. The van der Waals surface area contributed by atoms with Crippen molar-refractivity contribution in [3.63, 3.8) is 0 Å². The fourth-order valence-electron chi connectivity index (χ4n) is 3.82. The standard InChI is InChI=1S/C15H24N2O4/c1-14(2,3)21-13(19)17-10-6-15(4-5-16-12(15)18)7-11(17)9-20-8-10/h10-11H,4-9H2,1-3H3,(H,16,18). The maximum atomic E-state index is 12.5. The van der Waals surface area contributed by atoms with Gasteiger partial charge in [0.15, 0.2) is 0 Å². The molecule has 1 spiro atoms. The summed E-state index contributed by atoms with van der Waals surface area (Å²) in [4.78, 5) is 26.5. The van der Waals surface area contributed by atoms with Gasteiger partial charge in [0.05, 0.1) is 30.7 Å². The number of nitrogens with one attached hydrogen (secondary N) is 1. The molecule has 2 atom stereocenters. The van der Waals surface area contributed by atoms with E-state index < -0.39 is 5.60 Å². The third kappa shape index (κ3) is 2.61. The first-order chi connectivity index (χ1) is 9.81. The van der Waals surface area contributed by atoms with Gasteiger partial charge < -0.3 is 14.8 Å². The molecule has 0 aromatic rings. The van der Waals surface area contributed by atoms with E-state index in [2.05, 4.69) is 5.32 Å². The Balaban J connectivity index is 1.79. The van der Waals surface area contributed by atoms with E-state index in [4.69, 9.17) is 9.47 Å². The number of rotatable bonds is 0. The molecule has 0 radical (unpaired) electrons. The third-order valence-corrected chi connectivity index (χ3v) is 4.64. The monoisotopic (exact) mass is 296 g/mol. The van der Waals surface area contributed by atoms with Gasteiger partial charge in [-0.25, -0.2) is 4.79 Å². The van der Waals surface area contributed by atoms with Crippen LogP contribution in [0.2, 0.25) is 0 Å². The summed E-state index contributed by atoms with van der Waals surface area (Å²) in [5, 5.41) is 2.94. The second-order valence-corrected chi connectivity index (χ2v) is 7.43. The molecule has 6 heteroatoms. The minimum absolute atomic E-state index is 0.0591. The molecule has 3 fully saturated rings. The SMILES string of the molecule is CC(C)(C)OC(=O)N1C2COCC1CC1(CCNC1=O)C2. The molecule has 2 amide bonds. The number of hydrogen-bond acceptors (Lipinski definition) is 4. The van der Waals surface area contributed by atoms with Crippen LogP contribution in [0.15, 0.2) is 0 Å². The molecule has 3 aliphatic rings. The number of hydrogen-bond donors (Lipinski definition) is 1. The van der Waals surface area contributed by atoms with Crippen LogP contribution < -0.4 is 5.32 Å². The van der Waals surface area contributed by atoms with Gasteiger partial charge in [-0.15, -0.1) is 0 Å². The van der Waals surface area contributed by atoms with Crippen molar-refractivity contribution in [3.05, 3.63) is 0 Å². The molecule has 118 valence electrons. The van der Waals surface area contributed by atoms with Crippen LogP contribution in [0.5, 0.6) is 0 Å². The summed E-state index contributed by atoms with van der Waals surface area (Å²) in [6, 6.07) is -0.118. The minimum Gasteiger partial charge on any atom is -0.444 e. The zero-order valence-electron chi connectivity index (χ0n) is 13.0. The number of fused-ring (bicyclic) bond motifs is 2. The lowest BCUT2D eigenvalue weighted by molar-refractivity contribution is -0.142. The second kappa shape index (κ2) is 4.87. The van der Waals surface area contributed by atoms with Crippen LogP contribution in [-0.2, 0) is 14.3 Å². The first-order valence-electron chi connectivity index (χ1n) is 7.68. The van der Waals surface area contributed by atoms with Gasteiger partial charge in [-0.2, -0.15) is 0 Å². The highest BCUT2D eigenvalue weighted by molar-refractivity contribution is 5.85. The van der Waals surface area contributed by atoms with E-state index in [1.165, 1.54) is 0 Å². The molecule has 0 saturated carbocycles. The lowest BCUT2D eigenvalue weighted by Crippen LogP contribution is -2.63. The maximum Gasteiger partial charge on any atom is 0.410 e. The largest absolute Gasteiger partial charge is 0.444 e. The highest BCUT2D eigenvalue weighted by Crippen LogP contribution is 2.45. The van der Waals surface area contributed by atoms with Crippen molar-refractivity contribution in [2.45, 2.75) is 57.7 Å². The van der Waals surface area contributed by atoms with E-state index in [0.717, 1.165) is 13.0 Å². The van der Waals surface area contributed by atoms with Crippen LogP contribution in [-0.4, -0.2) is 54.3 Å². The first-order valence-corrected chi connectivity index (χ1v) is 7.68. The Kier molecular flexibility index (Phi) is 3.39. The molecule has 3 saturated heterocycles. The number of amides is 2. The lowest BCUT2D eigenvalue weighted by atomic mass is 9.71. The molecule has 6 nitrogen and oxygen atoms in total. The smallest absolute Gasteiger partial charge is 0.410 e. The summed E-state index contributed by atoms with van der Waals surface area (Å²) in [7, 11) is 0. The van der Waals surface area contributed by atoms with E-state index in [1.54, 1.807) is 0 Å². The van der Waals surface area contributed by atoms with Crippen molar-refractivity contribution in [3.8, 4) is 0 Å². The number of carbonyl (C=O) groups excluding carboxylic acids is 2. The van der Waals surface area contributed by atoms with Crippen LogP contribution >= 0.6 is 0 Å². The van der Waals surface area contributed by atoms with Gasteiger partial charge in [-0.3, -0.25) is 9.69 Å². The number of ether oxygens (including phenoxy) is 2. The number of piperidine rings is 1. The Morgan fingerprint density at radius 3 is 2.43 bits per heavy atom. The molecule has 3 rings (SSSR count). The maximum absolute atomic E-state index is 12.5. The molecule has 3 aliphatic heterocycles. The Morgan fingerprint density at radius 1 is 1.33 bits per heavy atom. The van der Waals surface area contributed by atoms with Crippen molar-refractivity contribution >= 4 is 12.0 Å². The van der Waals surface area contributed by atoms with Gasteiger partial charge in [0.25, 0.3) is 0 Å². The Hall–Kier alpha value is -1.30. The van der Waals surface area contributed by atoms with Gasteiger partial charge in [0.1, 0.15) is 5.60 Å². The molecule has 2 bridgehead atoms. The average Bonchev–Trinajstić information content (AvgIpc) is 2.67. The van der Waals surface area contributed by atoms with Crippen LogP contribution in [0.1, 0.15) is 40.0 Å². The number of nitrogens with zero attached hydrogens (tertiary/aromatic N) is 1. The zero-order valence-corrected chi connectivity index (χ0v) is 13.0. The first kappa shape index (κ1) is 14.6. The minimum atomic E-state index is -0.508. The Morgan fingerprint density at radius 2 is 1.95 bits per heavy atom. The lowest BCUT2D eigenvalue weighted by Gasteiger charge is -2.51. The van der Waals surface area contributed by atoms with Crippen molar-refractivity contribution < 1.29 is 19.1 Å². The van der Waals surface area contributed by atoms with E-state index in [0.29, 0.717) is 26.1 Å². The average molecular weight is 296 g/mol. The third-order valence-electron chi connectivity index (χ3n) is 4.64. The quantitative estimate of drug-likeness (QED) is 0.731. The van der Waals surface area contributed by atoms with Crippen LogP contribution in [0, 0.1) is 5.41 Å². The zero-order chi connectivity index (χ0) is 15.3. The summed E-state index contributed by atoms with van der Waals surface area (Å²) >= 11 is 0. The number of morpholine rings is 1. The van der Waals surface area contributed by atoms with E-state index in [-0.39, 0.29) is 29.5 Å². The van der Waals surface area contributed by atoms with Crippen molar-refractivity contribution in [1.29, 1.82) is 0 Å². The van der Waals surface area contributed by atoms with Gasteiger partial charge >= 0.3 is 6.09 Å². The van der Waals surface area contributed by atoms with Crippen molar-refractivity contribution in [2.24, 2.45) is 5.41 Å². The molecule has 3 heterocycles. The van der Waals surface area contributed by atoms with Crippen molar-refractivity contribution in [2.75, 3.05) is 19.8 Å². The molecular formula is C15H24N2O4. The normalized spacial score (nSPS) is 35.8. The summed E-state index contributed by atoms with van der Waals surface area (Å²) in [5.74, 6) is 0.142. The molecular weight excluding hydrogens is 272 g/mol. The summed E-state index contributed by atoms with van der Waals surface area (Å²) in [6.07, 6.45) is 1.93. The highest BCUT2D eigenvalue weighted by atomic mass is 16.6. The van der Waals surface area contributed by atoms with E-state index in [9.17, 15) is 9.59 Å². The molecule has 21 heavy (non-hydrogen) atoms. The fourth-order valence-corrected chi connectivity index (χ4v) is 3.82. The van der Waals surface area contributed by atoms with Crippen molar-refractivity contribution in [1.82, 2.24) is 10.2 Å². The van der Waals surface area contributed by atoms with Crippen LogP contribution in [0.4, 0.5) is 4.79 Å². The van der Waals surface area contributed by atoms with Gasteiger partial charge in [-0.1, -0.05) is 0 Å².